The molecule has 3 heteroatoms. The molecule has 0 amide bonds. The Balaban J connectivity index is 1.62. The molecule has 2 unspecified atom stereocenters. The zero-order valence-electron chi connectivity index (χ0n) is 11.9. The van der Waals surface area contributed by atoms with Gasteiger partial charge in [0.1, 0.15) is 5.78 Å². The Morgan fingerprint density at radius 1 is 1.20 bits per heavy atom. The lowest BCUT2D eigenvalue weighted by molar-refractivity contribution is -0.124. The average molecular weight is 273 g/mol. The van der Waals surface area contributed by atoms with E-state index in [-0.39, 0.29) is 12.0 Å². The first-order valence-corrected chi connectivity index (χ1v) is 7.77. The van der Waals surface area contributed by atoms with Crippen molar-refractivity contribution in [2.45, 2.75) is 38.2 Å². The minimum absolute atomic E-state index is 0.175. The van der Waals surface area contributed by atoms with Crippen molar-refractivity contribution in [1.29, 1.82) is 0 Å². The van der Waals surface area contributed by atoms with E-state index in [1.54, 1.807) is 0 Å². The Hall–Kier alpha value is -1.19. The number of ether oxygens (including phenoxy) is 1. The van der Waals surface area contributed by atoms with Gasteiger partial charge >= 0.3 is 0 Å². The van der Waals surface area contributed by atoms with Crippen molar-refractivity contribution in [3.05, 3.63) is 35.4 Å². The third-order valence-electron chi connectivity index (χ3n) is 4.44. The molecule has 3 rings (SSSR count). The van der Waals surface area contributed by atoms with Gasteiger partial charge in [0.15, 0.2) is 0 Å². The molecule has 1 aliphatic heterocycles. The fraction of sp³-hybridized carbons (Fsp3) is 0.588. The van der Waals surface area contributed by atoms with Crippen LogP contribution in [0.3, 0.4) is 0 Å². The van der Waals surface area contributed by atoms with E-state index in [2.05, 4.69) is 29.6 Å². The number of Topliss-reactive ketones (excluding diaryl/α,β-unsaturated/α-hetero) is 1. The minimum atomic E-state index is 0.175. The van der Waals surface area contributed by atoms with Crippen molar-refractivity contribution in [2.75, 3.05) is 19.7 Å². The second-order valence-electron chi connectivity index (χ2n) is 5.92. The molecule has 1 saturated heterocycles. The Morgan fingerprint density at radius 2 is 2.05 bits per heavy atom. The predicted molar refractivity (Wildman–Crippen MR) is 78.7 cm³/mol. The smallest absolute Gasteiger partial charge is 0.136 e. The largest absolute Gasteiger partial charge is 0.371 e. The summed E-state index contributed by atoms with van der Waals surface area (Å²) < 4.78 is 5.75. The van der Waals surface area contributed by atoms with Crippen molar-refractivity contribution >= 4 is 5.78 Å². The summed E-state index contributed by atoms with van der Waals surface area (Å²) in [6, 6.07) is 8.63. The molecule has 108 valence electrons. The lowest BCUT2D eigenvalue weighted by Crippen LogP contribution is -2.33. The van der Waals surface area contributed by atoms with Crippen LogP contribution in [0.25, 0.3) is 0 Å². The molecule has 2 aliphatic rings. The first kappa shape index (κ1) is 13.8. The van der Waals surface area contributed by atoms with E-state index in [0.29, 0.717) is 5.78 Å². The van der Waals surface area contributed by atoms with Crippen LogP contribution < -0.4 is 5.32 Å². The molecule has 1 aliphatic carbocycles. The number of morpholine rings is 1. The Morgan fingerprint density at radius 3 is 2.75 bits per heavy atom. The molecule has 0 radical (unpaired) electrons. The first-order valence-electron chi connectivity index (χ1n) is 7.77. The third-order valence-corrected chi connectivity index (χ3v) is 4.44. The van der Waals surface area contributed by atoms with Crippen LogP contribution in [-0.4, -0.2) is 25.5 Å². The quantitative estimate of drug-likeness (QED) is 0.920. The second-order valence-corrected chi connectivity index (χ2v) is 5.92. The number of hydrogen-bond donors (Lipinski definition) is 1. The van der Waals surface area contributed by atoms with Crippen molar-refractivity contribution in [2.24, 2.45) is 5.92 Å². The number of ketones is 1. The van der Waals surface area contributed by atoms with Crippen LogP contribution in [0, 0.1) is 5.92 Å². The maximum absolute atomic E-state index is 11.9. The van der Waals surface area contributed by atoms with Gasteiger partial charge in [0, 0.05) is 25.4 Å². The fourth-order valence-corrected chi connectivity index (χ4v) is 3.20. The van der Waals surface area contributed by atoms with Gasteiger partial charge in [-0.3, -0.25) is 4.79 Å². The predicted octanol–water partition coefficient (Wildman–Crippen LogP) is 2.65. The molecule has 1 aromatic carbocycles. The van der Waals surface area contributed by atoms with Crippen LogP contribution >= 0.6 is 0 Å². The highest BCUT2D eigenvalue weighted by atomic mass is 16.5. The molecule has 0 bridgehead atoms. The van der Waals surface area contributed by atoms with E-state index in [4.69, 9.17) is 4.74 Å². The minimum Gasteiger partial charge on any atom is -0.371 e. The molecule has 0 aromatic heterocycles. The number of carbonyl (C=O) groups excluding carboxylic acids is 1. The molecule has 3 nitrogen and oxygen atoms in total. The van der Waals surface area contributed by atoms with Crippen molar-refractivity contribution in [3.8, 4) is 0 Å². The second kappa shape index (κ2) is 6.51. The van der Waals surface area contributed by atoms with E-state index in [1.807, 2.05) is 0 Å². The molecule has 0 spiro atoms. The van der Waals surface area contributed by atoms with E-state index in [0.717, 1.165) is 45.4 Å². The molecule has 1 aromatic rings. The number of hydrogen-bond acceptors (Lipinski definition) is 3. The van der Waals surface area contributed by atoms with Gasteiger partial charge in [-0.2, -0.15) is 0 Å². The number of benzene rings is 1. The molecular weight excluding hydrogens is 250 g/mol. The number of rotatable bonds is 3. The van der Waals surface area contributed by atoms with Gasteiger partial charge in [-0.05, 0) is 30.4 Å². The zero-order valence-corrected chi connectivity index (χ0v) is 11.9. The lowest BCUT2D eigenvalue weighted by atomic mass is 9.83. The summed E-state index contributed by atoms with van der Waals surface area (Å²) in [6.45, 7) is 2.61. The summed E-state index contributed by atoms with van der Waals surface area (Å²) in [5.74, 6) is 0.710. The van der Waals surface area contributed by atoms with Crippen LogP contribution in [-0.2, 0) is 16.0 Å². The standard InChI is InChI=1S/C17H23NO2/c19-16-4-2-1-3-15(16)11-13-5-7-14(8-6-13)17-12-18-9-10-20-17/h5-8,15,17-18H,1-4,9-12H2. The van der Waals surface area contributed by atoms with Crippen LogP contribution in [0.15, 0.2) is 24.3 Å². The molecule has 1 heterocycles. The van der Waals surface area contributed by atoms with Crippen molar-refractivity contribution < 1.29 is 9.53 Å². The summed E-state index contributed by atoms with van der Waals surface area (Å²) in [6.07, 6.45) is 5.22. The van der Waals surface area contributed by atoms with E-state index in [1.165, 1.54) is 17.5 Å². The third kappa shape index (κ3) is 3.28. The molecule has 1 N–H and O–H groups in total. The van der Waals surface area contributed by atoms with Gasteiger partial charge in [0.25, 0.3) is 0 Å². The molecular formula is C17H23NO2. The number of carbonyl (C=O) groups is 1. The summed E-state index contributed by atoms with van der Waals surface area (Å²) >= 11 is 0. The molecule has 2 fully saturated rings. The molecule has 1 saturated carbocycles. The fourth-order valence-electron chi connectivity index (χ4n) is 3.20. The van der Waals surface area contributed by atoms with Gasteiger partial charge < -0.3 is 10.1 Å². The summed E-state index contributed by atoms with van der Waals surface area (Å²) in [4.78, 5) is 11.9. The number of nitrogens with one attached hydrogen (secondary N) is 1. The van der Waals surface area contributed by atoms with Gasteiger partial charge in [0.05, 0.1) is 12.7 Å². The lowest BCUT2D eigenvalue weighted by Gasteiger charge is -2.24. The topological polar surface area (TPSA) is 38.3 Å². The van der Waals surface area contributed by atoms with Crippen LogP contribution in [0.4, 0.5) is 0 Å². The molecule has 20 heavy (non-hydrogen) atoms. The molecule has 2 atom stereocenters. The van der Waals surface area contributed by atoms with E-state index >= 15 is 0 Å². The Labute approximate surface area is 120 Å². The first-order chi connectivity index (χ1) is 9.83. The zero-order chi connectivity index (χ0) is 13.8. The Bertz CT molecular complexity index is 449. The van der Waals surface area contributed by atoms with Crippen LogP contribution in [0.2, 0.25) is 0 Å². The average Bonchev–Trinajstić information content (AvgIpc) is 2.51. The summed E-state index contributed by atoms with van der Waals surface area (Å²) in [5, 5.41) is 3.35. The van der Waals surface area contributed by atoms with Gasteiger partial charge in [-0.1, -0.05) is 30.7 Å². The van der Waals surface area contributed by atoms with E-state index < -0.39 is 0 Å². The monoisotopic (exact) mass is 273 g/mol. The highest BCUT2D eigenvalue weighted by molar-refractivity contribution is 5.81. The van der Waals surface area contributed by atoms with Gasteiger partial charge in [-0.25, -0.2) is 0 Å². The highest BCUT2D eigenvalue weighted by Crippen LogP contribution is 2.25. The van der Waals surface area contributed by atoms with Crippen LogP contribution in [0.5, 0.6) is 0 Å². The van der Waals surface area contributed by atoms with Crippen molar-refractivity contribution in [3.63, 3.8) is 0 Å². The SMILES string of the molecule is O=C1CCCCC1Cc1ccc(C2CNCCO2)cc1. The van der Waals surface area contributed by atoms with Crippen LogP contribution in [0.1, 0.15) is 42.9 Å². The Kier molecular flexibility index (Phi) is 4.48. The van der Waals surface area contributed by atoms with Gasteiger partial charge in [0.2, 0.25) is 0 Å². The normalized spacial score (nSPS) is 27.5. The van der Waals surface area contributed by atoms with Gasteiger partial charge in [-0.15, -0.1) is 0 Å². The van der Waals surface area contributed by atoms with E-state index in [9.17, 15) is 4.79 Å². The maximum atomic E-state index is 11.9. The summed E-state index contributed by atoms with van der Waals surface area (Å²) in [7, 11) is 0. The van der Waals surface area contributed by atoms with Crippen molar-refractivity contribution in [1.82, 2.24) is 5.32 Å². The highest BCUT2D eigenvalue weighted by Gasteiger charge is 2.22. The maximum Gasteiger partial charge on any atom is 0.136 e. The summed E-state index contributed by atoms with van der Waals surface area (Å²) in [5.41, 5.74) is 2.51.